The molecule has 1 amide bonds. The van der Waals surface area contributed by atoms with Gasteiger partial charge in [-0.2, -0.15) is 0 Å². The maximum Gasteiger partial charge on any atom is 0.335 e. The summed E-state index contributed by atoms with van der Waals surface area (Å²) >= 11 is 12.1. The zero-order chi connectivity index (χ0) is 24.5. The number of amides is 1. The predicted molar refractivity (Wildman–Crippen MR) is 139 cm³/mol. The Balaban J connectivity index is 1.55. The summed E-state index contributed by atoms with van der Waals surface area (Å²) in [7, 11) is 0. The molecule has 1 aromatic heterocycles. The third-order valence-corrected chi connectivity index (χ3v) is 7.18. The highest BCUT2D eigenvalue weighted by Gasteiger charge is 2.23. The van der Waals surface area contributed by atoms with Crippen LogP contribution in [-0.2, 0) is 0 Å². The van der Waals surface area contributed by atoms with E-state index in [0.29, 0.717) is 26.8 Å². The summed E-state index contributed by atoms with van der Waals surface area (Å²) < 4.78 is 2.22. The second kappa shape index (κ2) is 9.72. The number of benzene rings is 3. The third kappa shape index (κ3) is 4.77. The fourth-order valence-corrected chi connectivity index (χ4v) is 5.02. The van der Waals surface area contributed by atoms with E-state index in [-0.39, 0.29) is 17.5 Å². The third-order valence-electron chi connectivity index (χ3n) is 6.44. The number of anilines is 1. The van der Waals surface area contributed by atoms with Gasteiger partial charge in [0, 0.05) is 22.9 Å². The molecule has 0 saturated heterocycles. The number of carboxylic acid groups (broad SMARTS) is 1. The Hall–Kier alpha value is -3.35. The van der Waals surface area contributed by atoms with Crippen molar-refractivity contribution in [1.29, 1.82) is 0 Å². The van der Waals surface area contributed by atoms with Crippen LogP contribution in [0.5, 0.6) is 0 Å². The molecule has 0 unspecified atom stereocenters. The Kier molecular flexibility index (Phi) is 6.50. The zero-order valence-corrected chi connectivity index (χ0v) is 20.3. The molecule has 0 bridgehead atoms. The fourth-order valence-electron chi connectivity index (χ4n) is 4.72. The molecule has 4 aromatic rings. The Morgan fingerprint density at radius 1 is 0.914 bits per heavy atom. The average molecular weight is 508 g/mol. The number of carboxylic acids is 1. The van der Waals surface area contributed by atoms with Gasteiger partial charge < -0.3 is 15.0 Å². The highest BCUT2D eigenvalue weighted by molar-refractivity contribution is 6.42. The summed E-state index contributed by atoms with van der Waals surface area (Å²) in [6.07, 6.45) is 5.57. The Bertz CT molecular complexity index is 1440. The largest absolute Gasteiger partial charge is 0.478 e. The van der Waals surface area contributed by atoms with Crippen LogP contribution in [0, 0.1) is 0 Å². The number of nitrogens with one attached hydrogen (secondary N) is 1. The number of halogens is 2. The van der Waals surface area contributed by atoms with Crippen molar-refractivity contribution in [3.8, 4) is 11.4 Å². The first-order chi connectivity index (χ1) is 16.9. The van der Waals surface area contributed by atoms with Gasteiger partial charge in [-0.05, 0) is 61.4 Å². The van der Waals surface area contributed by atoms with Crippen LogP contribution in [-0.4, -0.2) is 26.5 Å². The molecule has 1 aliphatic carbocycles. The lowest BCUT2D eigenvalue weighted by Crippen LogP contribution is -2.14. The molecule has 178 valence electrons. The lowest BCUT2D eigenvalue weighted by Gasteiger charge is -2.25. The first-order valence-electron chi connectivity index (χ1n) is 11.5. The van der Waals surface area contributed by atoms with Crippen molar-refractivity contribution in [3.63, 3.8) is 0 Å². The number of carbonyl (C=O) groups is 2. The second-order valence-corrected chi connectivity index (χ2v) is 9.58. The summed E-state index contributed by atoms with van der Waals surface area (Å²) in [6.45, 7) is 0. The minimum Gasteiger partial charge on any atom is -0.478 e. The first kappa shape index (κ1) is 23.4. The van der Waals surface area contributed by atoms with E-state index in [1.54, 1.807) is 36.4 Å². The lowest BCUT2D eigenvalue weighted by molar-refractivity contribution is 0.0696. The van der Waals surface area contributed by atoms with Gasteiger partial charge in [0.15, 0.2) is 0 Å². The quantitative estimate of drug-likeness (QED) is 0.293. The molecular formula is C27H23Cl2N3O3. The number of imidazole rings is 1. The first-order valence-corrected chi connectivity index (χ1v) is 12.3. The standard InChI is InChI=1S/C27H23Cl2N3O3/c28-21-11-10-19(15-22(21)29)30-26(33)17-6-4-5-16(13-17)25-31-23-14-18(27(34)35)9-12-24(23)32(25)20-7-2-1-3-8-20/h4-6,9-15,20H,1-3,7-8H2,(H,30,33)(H,34,35). The van der Waals surface area contributed by atoms with Crippen molar-refractivity contribution in [3.05, 3.63) is 81.8 Å². The monoisotopic (exact) mass is 507 g/mol. The maximum absolute atomic E-state index is 13.0. The molecule has 3 aromatic carbocycles. The lowest BCUT2D eigenvalue weighted by atomic mass is 9.94. The summed E-state index contributed by atoms with van der Waals surface area (Å²) in [5, 5.41) is 13.1. The molecule has 1 fully saturated rings. The van der Waals surface area contributed by atoms with Crippen LogP contribution in [0.25, 0.3) is 22.4 Å². The van der Waals surface area contributed by atoms with E-state index in [2.05, 4.69) is 9.88 Å². The van der Waals surface area contributed by atoms with E-state index in [1.807, 2.05) is 24.3 Å². The minimum absolute atomic E-state index is 0.201. The van der Waals surface area contributed by atoms with Crippen LogP contribution in [0.4, 0.5) is 5.69 Å². The van der Waals surface area contributed by atoms with Crippen LogP contribution in [0.2, 0.25) is 10.0 Å². The van der Waals surface area contributed by atoms with Gasteiger partial charge in [-0.3, -0.25) is 4.79 Å². The van der Waals surface area contributed by atoms with Crippen molar-refractivity contribution < 1.29 is 14.7 Å². The van der Waals surface area contributed by atoms with Crippen LogP contribution in [0.3, 0.4) is 0 Å². The molecule has 0 spiro atoms. The second-order valence-electron chi connectivity index (χ2n) is 8.77. The molecule has 6 nitrogen and oxygen atoms in total. The van der Waals surface area contributed by atoms with E-state index in [9.17, 15) is 14.7 Å². The molecule has 1 heterocycles. The van der Waals surface area contributed by atoms with E-state index >= 15 is 0 Å². The van der Waals surface area contributed by atoms with Crippen LogP contribution in [0.1, 0.15) is 58.9 Å². The topological polar surface area (TPSA) is 84.2 Å². The van der Waals surface area contributed by atoms with Gasteiger partial charge in [0.1, 0.15) is 5.82 Å². The molecule has 5 rings (SSSR count). The minimum atomic E-state index is -0.985. The number of hydrogen-bond acceptors (Lipinski definition) is 3. The number of carbonyl (C=O) groups excluding carboxylic acids is 1. The number of aromatic carboxylic acids is 1. The average Bonchev–Trinajstić information content (AvgIpc) is 3.26. The van der Waals surface area contributed by atoms with Crippen molar-refractivity contribution >= 4 is 51.8 Å². The van der Waals surface area contributed by atoms with Crippen molar-refractivity contribution in [2.75, 3.05) is 5.32 Å². The van der Waals surface area contributed by atoms with Gasteiger partial charge >= 0.3 is 5.97 Å². The highest BCUT2D eigenvalue weighted by Crippen LogP contribution is 2.36. The van der Waals surface area contributed by atoms with Gasteiger partial charge in [-0.15, -0.1) is 0 Å². The molecule has 2 N–H and O–H groups in total. The molecule has 1 saturated carbocycles. The van der Waals surface area contributed by atoms with Gasteiger partial charge in [0.25, 0.3) is 5.91 Å². The summed E-state index contributed by atoms with van der Waals surface area (Å²) in [5.74, 6) is -0.529. The Morgan fingerprint density at radius 2 is 1.71 bits per heavy atom. The molecule has 0 radical (unpaired) electrons. The van der Waals surface area contributed by atoms with Crippen LogP contribution < -0.4 is 5.32 Å². The van der Waals surface area contributed by atoms with Gasteiger partial charge in [-0.25, -0.2) is 9.78 Å². The number of rotatable bonds is 5. The number of nitrogens with zero attached hydrogens (tertiary/aromatic N) is 2. The van der Waals surface area contributed by atoms with Gasteiger partial charge in [-0.1, -0.05) is 54.6 Å². The molecule has 0 atom stereocenters. The fraction of sp³-hybridized carbons (Fsp3) is 0.222. The number of fused-ring (bicyclic) bond motifs is 1. The summed E-state index contributed by atoms with van der Waals surface area (Å²) in [5.41, 5.74) is 3.56. The van der Waals surface area contributed by atoms with Gasteiger partial charge in [0.05, 0.1) is 26.6 Å². The van der Waals surface area contributed by atoms with Crippen LogP contribution >= 0.6 is 23.2 Å². The molecule has 8 heteroatoms. The summed E-state index contributed by atoms with van der Waals surface area (Å²) in [6, 6.07) is 17.6. The van der Waals surface area contributed by atoms with Crippen LogP contribution in [0.15, 0.2) is 60.7 Å². The molecular weight excluding hydrogens is 485 g/mol. The predicted octanol–water partition coefficient (Wildman–Crippen LogP) is 7.47. The zero-order valence-electron chi connectivity index (χ0n) is 18.8. The molecule has 0 aliphatic heterocycles. The van der Waals surface area contributed by atoms with E-state index in [4.69, 9.17) is 28.2 Å². The van der Waals surface area contributed by atoms with Gasteiger partial charge in [0.2, 0.25) is 0 Å². The SMILES string of the molecule is O=C(O)c1ccc2c(c1)nc(-c1cccc(C(=O)Nc3ccc(Cl)c(Cl)c3)c1)n2C1CCCCC1. The maximum atomic E-state index is 13.0. The molecule has 1 aliphatic rings. The number of hydrogen-bond donors (Lipinski definition) is 2. The number of aromatic nitrogens is 2. The van der Waals surface area contributed by atoms with Crippen molar-refractivity contribution in [1.82, 2.24) is 9.55 Å². The Morgan fingerprint density at radius 3 is 2.46 bits per heavy atom. The van der Waals surface area contributed by atoms with Crippen molar-refractivity contribution in [2.24, 2.45) is 0 Å². The Labute approximate surface area is 212 Å². The smallest absolute Gasteiger partial charge is 0.335 e. The summed E-state index contributed by atoms with van der Waals surface area (Å²) in [4.78, 5) is 29.4. The highest BCUT2D eigenvalue weighted by atomic mass is 35.5. The van der Waals surface area contributed by atoms with E-state index < -0.39 is 5.97 Å². The van der Waals surface area contributed by atoms with E-state index in [0.717, 1.165) is 42.6 Å². The normalized spacial score (nSPS) is 14.2. The molecule has 35 heavy (non-hydrogen) atoms. The van der Waals surface area contributed by atoms with Crippen molar-refractivity contribution in [2.45, 2.75) is 38.1 Å². The van der Waals surface area contributed by atoms with E-state index in [1.165, 1.54) is 6.42 Å².